The fourth-order valence-corrected chi connectivity index (χ4v) is 4.40. The van der Waals surface area contributed by atoms with E-state index in [9.17, 15) is 4.79 Å². The molecule has 0 radical (unpaired) electrons. The molecule has 0 N–H and O–H groups in total. The number of benzene rings is 2. The lowest BCUT2D eigenvalue weighted by atomic mass is 10.0. The van der Waals surface area contributed by atoms with E-state index in [0.717, 1.165) is 42.4 Å². The molecule has 29 heavy (non-hydrogen) atoms. The van der Waals surface area contributed by atoms with Gasteiger partial charge in [-0.15, -0.1) is 0 Å². The molecule has 2 aliphatic rings. The Balaban J connectivity index is 1.76. The molecule has 2 heterocycles. The van der Waals surface area contributed by atoms with E-state index < -0.39 is 0 Å². The van der Waals surface area contributed by atoms with Gasteiger partial charge >= 0.3 is 0 Å². The van der Waals surface area contributed by atoms with Crippen LogP contribution in [0.5, 0.6) is 0 Å². The Hall–Kier alpha value is -2.82. The third kappa shape index (κ3) is 4.00. The van der Waals surface area contributed by atoms with Crippen molar-refractivity contribution in [2.75, 3.05) is 19.6 Å². The number of nitrogens with zero attached hydrogens (tertiary/aromatic N) is 4. The minimum absolute atomic E-state index is 0.0759. The van der Waals surface area contributed by atoms with E-state index >= 15 is 0 Å². The summed E-state index contributed by atoms with van der Waals surface area (Å²) in [5.41, 5.74) is 3.21. The Morgan fingerprint density at radius 2 is 1.72 bits per heavy atom. The molecule has 5 nitrogen and oxygen atoms in total. The lowest BCUT2D eigenvalue weighted by Crippen LogP contribution is -2.54. The van der Waals surface area contributed by atoms with Crippen LogP contribution in [0.15, 0.2) is 59.6 Å². The number of likely N-dealkylation sites (tertiary alicyclic amines) is 1. The molecule has 0 aromatic heterocycles. The van der Waals surface area contributed by atoms with Crippen molar-refractivity contribution >= 4 is 17.6 Å². The summed E-state index contributed by atoms with van der Waals surface area (Å²) in [5, 5.41) is 0. The van der Waals surface area contributed by atoms with Crippen molar-refractivity contribution < 1.29 is 4.79 Å². The topological polar surface area (TPSA) is 39.1 Å². The fraction of sp³-hybridized carbons (Fsp3) is 0.417. The van der Waals surface area contributed by atoms with Gasteiger partial charge in [-0.25, -0.2) is 4.99 Å². The molecular formula is C24H30N4O. The zero-order valence-electron chi connectivity index (χ0n) is 17.4. The van der Waals surface area contributed by atoms with Crippen LogP contribution in [0.2, 0.25) is 0 Å². The van der Waals surface area contributed by atoms with E-state index in [4.69, 9.17) is 4.99 Å². The molecule has 0 spiro atoms. The van der Waals surface area contributed by atoms with Crippen LogP contribution in [0.3, 0.4) is 0 Å². The maximum Gasteiger partial charge on any atom is 0.221 e. The number of rotatable bonds is 4. The molecule has 0 aliphatic carbocycles. The van der Waals surface area contributed by atoms with Gasteiger partial charge in [0.05, 0.1) is 5.69 Å². The maximum atomic E-state index is 12.8. The van der Waals surface area contributed by atoms with Crippen molar-refractivity contribution in [1.82, 2.24) is 14.7 Å². The molecule has 4 rings (SSSR count). The maximum absolute atomic E-state index is 12.8. The van der Waals surface area contributed by atoms with Crippen molar-refractivity contribution in [3.63, 3.8) is 0 Å². The van der Waals surface area contributed by atoms with E-state index in [1.54, 1.807) is 6.92 Å². The number of para-hydroxylation sites is 1. The summed E-state index contributed by atoms with van der Waals surface area (Å²) in [7, 11) is 0. The van der Waals surface area contributed by atoms with Crippen LogP contribution in [-0.2, 0) is 11.3 Å². The Bertz CT molecular complexity index is 873. The van der Waals surface area contributed by atoms with E-state index in [0.29, 0.717) is 6.54 Å². The van der Waals surface area contributed by atoms with Gasteiger partial charge in [-0.1, -0.05) is 48.5 Å². The Kier molecular flexibility index (Phi) is 5.84. The summed E-state index contributed by atoms with van der Waals surface area (Å²) < 4.78 is 0. The summed E-state index contributed by atoms with van der Waals surface area (Å²) in [6.45, 7) is 7.27. The van der Waals surface area contributed by atoms with Crippen molar-refractivity contribution in [2.45, 2.75) is 45.8 Å². The first kappa shape index (κ1) is 19.5. The number of carbonyl (C=O) groups excluding carboxylic acids is 1. The number of aliphatic imine (C=N–C) groups is 1. The molecule has 5 heteroatoms. The summed E-state index contributed by atoms with van der Waals surface area (Å²) in [5.74, 6) is 1.09. The third-order valence-electron chi connectivity index (χ3n) is 5.86. The molecule has 152 valence electrons. The van der Waals surface area contributed by atoms with Crippen LogP contribution in [0.4, 0.5) is 5.69 Å². The Morgan fingerprint density at radius 1 is 1.03 bits per heavy atom. The SMILES string of the molecule is CCN1C(N2CCCCC2)=Nc2ccccc2C1N(Cc1ccccc1)C(C)=O. The van der Waals surface area contributed by atoms with Gasteiger partial charge in [0.1, 0.15) is 6.17 Å². The van der Waals surface area contributed by atoms with Crippen LogP contribution in [0.1, 0.15) is 50.4 Å². The van der Waals surface area contributed by atoms with Gasteiger partial charge in [-0.05, 0) is 37.8 Å². The highest BCUT2D eigenvalue weighted by Crippen LogP contribution is 2.38. The highest BCUT2D eigenvalue weighted by molar-refractivity contribution is 5.87. The number of piperidine rings is 1. The summed E-state index contributed by atoms with van der Waals surface area (Å²) in [4.78, 5) is 24.6. The van der Waals surface area contributed by atoms with Crippen molar-refractivity contribution in [3.05, 3.63) is 65.7 Å². The molecule has 1 atom stereocenters. The van der Waals surface area contributed by atoms with Crippen molar-refractivity contribution in [1.29, 1.82) is 0 Å². The standard InChI is InChI=1S/C24H30N4O/c1-3-27-23(28(19(2)29)18-20-12-6-4-7-13-20)21-14-8-9-15-22(21)25-24(27)26-16-10-5-11-17-26/h4,6-9,12-15,23H,3,5,10-11,16-18H2,1-2H3. The molecule has 1 unspecified atom stereocenters. The molecular weight excluding hydrogens is 360 g/mol. The largest absolute Gasteiger partial charge is 0.342 e. The van der Waals surface area contributed by atoms with E-state index in [-0.39, 0.29) is 12.1 Å². The predicted octanol–water partition coefficient (Wildman–Crippen LogP) is 4.54. The minimum Gasteiger partial charge on any atom is -0.342 e. The molecule has 0 bridgehead atoms. The van der Waals surface area contributed by atoms with Crippen molar-refractivity contribution in [3.8, 4) is 0 Å². The van der Waals surface area contributed by atoms with Gasteiger partial charge in [0.2, 0.25) is 11.9 Å². The highest BCUT2D eigenvalue weighted by atomic mass is 16.2. The zero-order chi connectivity index (χ0) is 20.2. The number of carbonyl (C=O) groups is 1. The normalized spacial score (nSPS) is 18.8. The van der Waals surface area contributed by atoms with E-state index in [2.05, 4.69) is 41.0 Å². The minimum atomic E-state index is -0.150. The number of amides is 1. The van der Waals surface area contributed by atoms with Crippen LogP contribution >= 0.6 is 0 Å². The lowest BCUT2D eigenvalue weighted by molar-refractivity contribution is -0.135. The molecule has 0 saturated carbocycles. The molecule has 1 saturated heterocycles. The summed E-state index contributed by atoms with van der Waals surface area (Å²) >= 11 is 0. The van der Waals surface area contributed by atoms with Gasteiger partial charge in [0, 0.05) is 38.7 Å². The van der Waals surface area contributed by atoms with Crippen molar-refractivity contribution in [2.24, 2.45) is 4.99 Å². The molecule has 1 fully saturated rings. The van der Waals surface area contributed by atoms with Crippen LogP contribution in [0, 0.1) is 0 Å². The third-order valence-corrected chi connectivity index (χ3v) is 5.86. The average Bonchev–Trinajstić information content (AvgIpc) is 2.77. The smallest absolute Gasteiger partial charge is 0.221 e. The Labute approximate surface area is 173 Å². The van der Waals surface area contributed by atoms with Gasteiger partial charge in [-0.2, -0.15) is 0 Å². The predicted molar refractivity (Wildman–Crippen MR) is 117 cm³/mol. The van der Waals surface area contributed by atoms with Gasteiger partial charge < -0.3 is 14.7 Å². The summed E-state index contributed by atoms with van der Waals surface area (Å²) in [6, 6.07) is 18.5. The zero-order valence-corrected chi connectivity index (χ0v) is 17.4. The van der Waals surface area contributed by atoms with Gasteiger partial charge in [0.15, 0.2) is 0 Å². The second kappa shape index (κ2) is 8.68. The van der Waals surface area contributed by atoms with E-state index in [1.807, 2.05) is 35.2 Å². The second-order valence-corrected chi connectivity index (χ2v) is 7.81. The first-order valence-corrected chi connectivity index (χ1v) is 10.7. The molecule has 1 amide bonds. The number of guanidine groups is 1. The molecule has 2 aromatic carbocycles. The highest BCUT2D eigenvalue weighted by Gasteiger charge is 2.37. The monoisotopic (exact) mass is 390 g/mol. The lowest BCUT2D eigenvalue weighted by Gasteiger charge is -2.46. The summed E-state index contributed by atoms with van der Waals surface area (Å²) in [6.07, 6.45) is 3.53. The first-order valence-electron chi connectivity index (χ1n) is 10.7. The van der Waals surface area contributed by atoms with Gasteiger partial charge in [-0.3, -0.25) is 4.79 Å². The number of hydrogen-bond acceptors (Lipinski definition) is 4. The van der Waals surface area contributed by atoms with Gasteiger partial charge in [0.25, 0.3) is 0 Å². The quantitative estimate of drug-likeness (QED) is 0.769. The first-order chi connectivity index (χ1) is 14.2. The van der Waals surface area contributed by atoms with Crippen LogP contribution in [-0.4, -0.2) is 46.2 Å². The van der Waals surface area contributed by atoms with E-state index in [1.165, 1.54) is 19.3 Å². The Morgan fingerprint density at radius 3 is 2.41 bits per heavy atom. The second-order valence-electron chi connectivity index (χ2n) is 7.81. The molecule has 2 aromatic rings. The molecule has 2 aliphatic heterocycles. The fourth-order valence-electron chi connectivity index (χ4n) is 4.40. The van der Waals surface area contributed by atoms with Crippen LogP contribution in [0.25, 0.3) is 0 Å². The van der Waals surface area contributed by atoms with Crippen LogP contribution < -0.4 is 0 Å². The average molecular weight is 391 g/mol. The number of hydrogen-bond donors (Lipinski definition) is 0. The number of fused-ring (bicyclic) bond motifs is 1.